The zero-order valence-electron chi connectivity index (χ0n) is 12.8. The van der Waals surface area contributed by atoms with Gasteiger partial charge in [0.2, 0.25) is 17.8 Å². The van der Waals surface area contributed by atoms with E-state index in [0.29, 0.717) is 29.4 Å². The molecule has 0 aromatic carbocycles. The maximum absolute atomic E-state index is 5.79. The first kappa shape index (κ1) is 16.0. The number of anilines is 3. The van der Waals surface area contributed by atoms with Crippen LogP contribution >= 0.6 is 11.8 Å². The van der Waals surface area contributed by atoms with Crippen LogP contribution in [0.3, 0.4) is 0 Å². The fourth-order valence-electron chi connectivity index (χ4n) is 1.68. The molecular weight excluding hydrogens is 302 g/mol. The highest BCUT2D eigenvalue weighted by Gasteiger charge is 2.18. The normalized spacial score (nSPS) is 12.1. The van der Waals surface area contributed by atoms with Crippen molar-refractivity contribution in [2.45, 2.75) is 23.9 Å². The Labute approximate surface area is 132 Å². The molecule has 0 bridgehead atoms. The first-order valence-corrected chi connectivity index (χ1v) is 7.45. The van der Waals surface area contributed by atoms with Crippen LogP contribution in [0.25, 0.3) is 0 Å². The molecule has 0 saturated heterocycles. The molecule has 2 aromatic heterocycles. The molecule has 0 fully saturated rings. The van der Waals surface area contributed by atoms with Crippen molar-refractivity contribution in [1.82, 2.24) is 29.7 Å². The van der Waals surface area contributed by atoms with Crippen LogP contribution in [-0.4, -0.2) is 43.8 Å². The van der Waals surface area contributed by atoms with E-state index in [1.54, 1.807) is 15.5 Å². The molecule has 0 spiro atoms. The molecule has 0 aliphatic carbocycles. The van der Waals surface area contributed by atoms with Gasteiger partial charge in [-0.1, -0.05) is 17.8 Å². The predicted molar refractivity (Wildman–Crippen MR) is 87.5 cm³/mol. The summed E-state index contributed by atoms with van der Waals surface area (Å²) in [4.78, 5) is 14.5. The summed E-state index contributed by atoms with van der Waals surface area (Å²) in [6, 6.07) is 0. The van der Waals surface area contributed by atoms with Crippen LogP contribution in [0.1, 0.15) is 18.0 Å². The van der Waals surface area contributed by atoms with Crippen molar-refractivity contribution in [3.63, 3.8) is 0 Å². The molecule has 118 valence electrons. The number of aromatic nitrogens is 6. The Morgan fingerprint density at radius 2 is 2.00 bits per heavy atom. The van der Waals surface area contributed by atoms with Gasteiger partial charge < -0.3 is 16.4 Å². The molecule has 0 unspecified atom stereocenters. The van der Waals surface area contributed by atoms with E-state index in [-0.39, 0.29) is 11.2 Å². The van der Waals surface area contributed by atoms with Crippen LogP contribution in [0.4, 0.5) is 17.8 Å². The quantitative estimate of drug-likeness (QED) is 0.585. The molecule has 2 aromatic rings. The minimum Gasteiger partial charge on any atom is -0.368 e. The van der Waals surface area contributed by atoms with E-state index in [9.17, 15) is 0 Å². The third-order valence-corrected chi connectivity index (χ3v) is 3.84. The molecular formula is C12H19N9S. The molecule has 10 heteroatoms. The van der Waals surface area contributed by atoms with Crippen molar-refractivity contribution in [2.24, 2.45) is 0 Å². The maximum Gasteiger partial charge on any atom is 0.229 e. The van der Waals surface area contributed by atoms with Gasteiger partial charge in [0.25, 0.3) is 0 Å². The lowest BCUT2D eigenvalue weighted by Crippen LogP contribution is -2.16. The fourth-order valence-corrected chi connectivity index (χ4v) is 2.59. The van der Waals surface area contributed by atoms with Gasteiger partial charge in [0.05, 0.1) is 5.25 Å². The number of nitrogens with two attached hydrogens (primary N) is 2. The Balaban J connectivity index is 2.26. The SMILES string of the molecule is C=CCn1c(N)nnc1S[C@H](C)c1nc(N)nc(N(C)C)n1. The number of hydrogen-bond acceptors (Lipinski definition) is 9. The van der Waals surface area contributed by atoms with Gasteiger partial charge >= 0.3 is 0 Å². The minimum absolute atomic E-state index is 0.0869. The van der Waals surface area contributed by atoms with E-state index in [1.165, 1.54) is 11.8 Å². The summed E-state index contributed by atoms with van der Waals surface area (Å²) >= 11 is 1.45. The van der Waals surface area contributed by atoms with Gasteiger partial charge in [0.15, 0.2) is 5.16 Å². The van der Waals surface area contributed by atoms with E-state index < -0.39 is 0 Å². The lowest BCUT2D eigenvalue weighted by atomic mass is 10.4. The number of nitrogens with zero attached hydrogens (tertiary/aromatic N) is 7. The maximum atomic E-state index is 5.79. The van der Waals surface area contributed by atoms with E-state index >= 15 is 0 Å². The third kappa shape index (κ3) is 3.45. The molecule has 2 heterocycles. The summed E-state index contributed by atoms with van der Waals surface area (Å²) in [7, 11) is 3.69. The summed E-state index contributed by atoms with van der Waals surface area (Å²) in [5.74, 6) is 1.63. The molecule has 0 aliphatic heterocycles. The zero-order valence-corrected chi connectivity index (χ0v) is 13.6. The van der Waals surface area contributed by atoms with E-state index in [4.69, 9.17) is 11.5 Å². The highest BCUT2D eigenvalue weighted by molar-refractivity contribution is 7.99. The monoisotopic (exact) mass is 321 g/mol. The first-order valence-electron chi connectivity index (χ1n) is 6.57. The van der Waals surface area contributed by atoms with Gasteiger partial charge in [-0.25, -0.2) is 0 Å². The molecule has 4 N–H and O–H groups in total. The second-order valence-corrected chi connectivity index (χ2v) is 6.05. The Hall–Kier alpha value is -2.36. The van der Waals surface area contributed by atoms with Crippen LogP contribution in [0.2, 0.25) is 0 Å². The Bertz CT molecular complexity index is 667. The standard InChI is InChI=1S/C12H19N9S/c1-5-6-21-10(14)18-19-12(21)22-7(2)8-15-9(13)17-11(16-8)20(3)4/h5,7H,1,6H2,2-4H3,(H2,14,18)(H2,13,15,16,17)/t7-/m1/s1. The Kier molecular flexibility index (Phi) is 4.81. The van der Waals surface area contributed by atoms with Crippen LogP contribution in [0.5, 0.6) is 0 Å². The van der Waals surface area contributed by atoms with Gasteiger partial charge in [0.1, 0.15) is 5.82 Å². The van der Waals surface area contributed by atoms with Crippen molar-refractivity contribution in [3.05, 3.63) is 18.5 Å². The van der Waals surface area contributed by atoms with Gasteiger partial charge in [-0.05, 0) is 6.92 Å². The molecule has 0 amide bonds. The topological polar surface area (TPSA) is 125 Å². The Morgan fingerprint density at radius 1 is 1.27 bits per heavy atom. The average molecular weight is 321 g/mol. The number of nitrogen functional groups attached to an aromatic ring is 2. The number of rotatable bonds is 6. The Morgan fingerprint density at radius 3 is 2.64 bits per heavy atom. The van der Waals surface area contributed by atoms with Gasteiger partial charge in [-0.15, -0.1) is 16.8 Å². The summed E-state index contributed by atoms with van der Waals surface area (Å²) in [6.45, 7) is 6.20. The lowest BCUT2D eigenvalue weighted by Gasteiger charge is -2.14. The predicted octanol–water partition coefficient (Wildman–Crippen LogP) is 0.733. The molecule has 2 rings (SSSR count). The van der Waals surface area contributed by atoms with Crippen molar-refractivity contribution in [3.8, 4) is 0 Å². The second-order valence-electron chi connectivity index (χ2n) is 4.75. The molecule has 22 heavy (non-hydrogen) atoms. The molecule has 0 aliphatic rings. The molecule has 0 saturated carbocycles. The minimum atomic E-state index is -0.0869. The van der Waals surface area contributed by atoms with Crippen LogP contribution < -0.4 is 16.4 Å². The van der Waals surface area contributed by atoms with Crippen molar-refractivity contribution in [2.75, 3.05) is 30.5 Å². The van der Waals surface area contributed by atoms with Gasteiger partial charge in [-0.2, -0.15) is 15.0 Å². The summed E-state index contributed by atoms with van der Waals surface area (Å²) in [5.41, 5.74) is 11.5. The largest absolute Gasteiger partial charge is 0.368 e. The average Bonchev–Trinajstić information content (AvgIpc) is 2.80. The molecule has 0 radical (unpaired) electrons. The summed E-state index contributed by atoms with van der Waals surface area (Å²) in [6.07, 6.45) is 1.74. The highest BCUT2D eigenvalue weighted by Crippen LogP contribution is 2.33. The van der Waals surface area contributed by atoms with Crippen LogP contribution in [-0.2, 0) is 6.54 Å². The smallest absolute Gasteiger partial charge is 0.229 e. The van der Waals surface area contributed by atoms with Gasteiger partial charge in [0, 0.05) is 20.6 Å². The van der Waals surface area contributed by atoms with Crippen molar-refractivity contribution in [1.29, 1.82) is 0 Å². The number of thioether (sulfide) groups is 1. The molecule has 1 atom stereocenters. The van der Waals surface area contributed by atoms with E-state index in [1.807, 2.05) is 21.0 Å². The molecule has 9 nitrogen and oxygen atoms in total. The summed E-state index contributed by atoms with van der Waals surface area (Å²) < 4.78 is 1.77. The highest BCUT2D eigenvalue weighted by atomic mass is 32.2. The van der Waals surface area contributed by atoms with Crippen LogP contribution in [0.15, 0.2) is 17.8 Å². The number of hydrogen-bond donors (Lipinski definition) is 2. The lowest BCUT2D eigenvalue weighted by molar-refractivity contribution is 0.729. The van der Waals surface area contributed by atoms with E-state index in [2.05, 4.69) is 31.7 Å². The van der Waals surface area contributed by atoms with Crippen LogP contribution in [0, 0.1) is 0 Å². The second kappa shape index (κ2) is 6.60. The van der Waals surface area contributed by atoms with Gasteiger partial charge in [-0.3, -0.25) is 4.57 Å². The van der Waals surface area contributed by atoms with Crippen molar-refractivity contribution < 1.29 is 0 Å². The zero-order chi connectivity index (χ0) is 16.3. The third-order valence-electron chi connectivity index (χ3n) is 2.76. The summed E-state index contributed by atoms with van der Waals surface area (Å²) in [5, 5.41) is 8.54. The van der Waals surface area contributed by atoms with Crippen molar-refractivity contribution >= 4 is 29.6 Å². The number of allylic oxidation sites excluding steroid dienone is 1. The first-order chi connectivity index (χ1) is 10.4. The van der Waals surface area contributed by atoms with E-state index in [0.717, 1.165) is 0 Å². The fraction of sp³-hybridized carbons (Fsp3) is 0.417.